The van der Waals surface area contributed by atoms with Gasteiger partial charge in [-0.25, -0.2) is 4.79 Å². The zero-order chi connectivity index (χ0) is 12.7. The Labute approximate surface area is 107 Å². The molecule has 0 N–H and O–H groups in total. The van der Waals surface area contributed by atoms with Crippen molar-refractivity contribution in [2.75, 3.05) is 26.7 Å². The Morgan fingerprint density at radius 3 is 3.00 bits per heavy atom. The number of benzene rings is 1. The van der Waals surface area contributed by atoms with E-state index in [0.717, 1.165) is 31.9 Å². The average Bonchev–Trinajstić information content (AvgIpc) is 2.95. The topological polar surface area (TPSA) is 32.8 Å². The van der Waals surface area contributed by atoms with Crippen molar-refractivity contribution in [3.8, 4) is 5.75 Å². The second-order valence-electron chi connectivity index (χ2n) is 4.91. The van der Waals surface area contributed by atoms with E-state index < -0.39 is 0 Å². The number of urea groups is 1. The number of fused-ring (bicyclic) bond motifs is 1. The number of nitrogens with zero attached hydrogens (tertiary/aromatic N) is 2. The van der Waals surface area contributed by atoms with Crippen LogP contribution in [0.4, 0.5) is 4.79 Å². The maximum atomic E-state index is 12.0. The van der Waals surface area contributed by atoms with Gasteiger partial charge in [-0.15, -0.1) is 0 Å². The predicted molar refractivity (Wildman–Crippen MR) is 68.8 cm³/mol. The van der Waals surface area contributed by atoms with Gasteiger partial charge in [0, 0.05) is 26.6 Å². The molecule has 4 nitrogen and oxygen atoms in total. The van der Waals surface area contributed by atoms with E-state index in [9.17, 15) is 4.79 Å². The first-order valence-corrected chi connectivity index (χ1v) is 6.48. The quantitative estimate of drug-likeness (QED) is 0.800. The normalized spacial score (nSPS) is 22.3. The number of amides is 2. The number of hydrogen-bond acceptors (Lipinski definition) is 2. The fourth-order valence-electron chi connectivity index (χ4n) is 2.77. The SMILES string of the molecule is CCN1CC(c2ccc3c(c2)CCO3)N(C)C1=O. The third kappa shape index (κ3) is 1.64. The Hall–Kier alpha value is -1.71. The number of likely N-dealkylation sites (N-methyl/N-ethyl adjacent to an activating group) is 2. The van der Waals surface area contributed by atoms with Crippen LogP contribution in [0, 0.1) is 0 Å². The molecular formula is C14H18N2O2. The van der Waals surface area contributed by atoms with E-state index in [0.29, 0.717) is 0 Å². The predicted octanol–water partition coefficient (Wildman–Crippen LogP) is 2.05. The Balaban J connectivity index is 1.89. The van der Waals surface area contributed by atoms with Crippen LogP contribution in [-0.4, -0.2) is 42.6 Å². The zero-order valence-corrected chi connectivity index (χ0v) is 10.8. The molecule has 1 atom stereocenters. The van der Waals surface area contributed by atoms with E-state index in [4.69, 9.17) is 4.74 Å². The molecule has 96 valence electrons. The van der Waals surface area contributed by atoms with E-state index in [1.807, 2.05) is 29.8 Å². The molecule has 1 fully saturated rings. The van der Waals surface area contributed by atoms with Crippen LogP contribution in [0.15, 0.2) is 18.2 Å². The summed E-state index contributed by atoms with van der Waals surface area (Å²) in [5.41, 5.74) is 2.48. The van der Waals surface area contributed by atoms with Gasteiger partial charge in [0.15, 0.2) is 0 Å². The van der Waals surface area contributed by atoms with Crippen molar-refractivity contribution in [1.82, 2.24) is 9.80 Å². The van der Waals surface area contributed by atoms with Gasteiger partial charge in [-0.3, -0.25) is 0 Å². The Kier molecular flexibility index (Phi) is 2.65. The minimum absolute atomic E-state index is 0.124. The molecule has 0 spiro atoms. The second-order valence-corrected chi connectivity index (χ2v) is 4.91. The lowest BCUT2D eigenvalue weighted by atomic mass is 10.0. The molecule has 18 heavy (non-hydrogen) atoms. The van der Waals surface area contributed by atoms with E-state index in [1.54, 1.807) is 0 Å². The molecule has 2 aliphatic rings. The molecular weight excluding hydrogens is 228 g/mol. The smallest absolute Gasteiger partial charge is 0.320 e. The van der Waals surface area contributed by atoms with Gasteiger partial charge in [0.1, 0.15) is 5.75 Å². The molecule has 2 heterocycles. The van der Waals surface area contributed by atoms with Gasteiger partial charge in [0.25, 0.3) is 0 Å². The second kappa shape index (κ2) is 4.19. The first-order valence-electron chi connectivity index (χ1n) is 6.48. The van der Waals surface area contributed by atoms with Crippen LogP contribution in [0.3, 0.4) is 0 Å². The van der Waals surface area contributed by atoms with Gasteiger partial charge in [0.2, 0.25) is 0 Å². The molecule has 2 aliphatic heterocycles. The van der Waals surface area contributed by atoms with Crippen LogP contribution in [0.25, 0.3) is 0 Å². The first-order chi connectivity index (χ1) is 8.70. The summed E-state index contributed by atoms with van der Waals surface area (Å²) in [5.74, 6) is 0.998. The highest BCUT2D eigenvalue weighted by Crippen LogP contribution is 2.33. The molecule has 0 aliphatic carbocycles. The summed E-state index contributed by atoms with van der Waals surface area (Å²) in [6.45, 7) is 4.35. The monoisotopic (exact) mass is 246 g/mol. The Bertz CT molecular complexity index is 487. The molecule has 4 heteroatoms. The van der Waals surface area contributed by atoms with Crippen LogP contribution in [0.5, 0.6) is 5.75 Å². The summed E-state index contributed by atoms with van der Waals surface area (Å²) in [6.07, 6.45) is 0.977. The first kappa shape index (κ1) is 11.4. The summed E-state index contributed by atoms with van der Waals surface area (Å²) < 4.78 is 5.52. The van der Waals surface area contributed by atoms with Gasteiger partial charge in [-0.05, 0) is 30.2 Å². The van der Waals surface area contributed by atoms with Crippen LogP contribution >= 0.6 is 0 Å². The lowest BCUT2D eigenvalue weighted by Crippen LogP contribution is -2.29. The van der Waals surface area contributed by atoms with Gasteiger partial charge in [-0.1, -0.05) is 6.07 Å². The molecule has 3 rings (SSSR count). The number of ether oxygens (including phenoxy) is 1. The minimum Gasteiger partial charge on any atom is -0.493 e. The maximum Gasteiger partial charge on any atom is 0.320 e. The molecule has 2 amide bonds. The lowest BCUT2D eigenvalue weighted by Gasteiger charge is -2.18. The molecule has 0 aromatic heterocycles. The highest BCUT2D eigenvalue weighted by Gasteiger charge is 2.34. The summed E-state index contributed by atoms with van der Waals surface area (Å²) in [7, 11) is 1.88. The third-order valence-corrected chi connectivity index (χ3v) is 3.91. The summed E-state index contributed by atoms with van der Waals surface area (Å²) in [4.78, 5) is 15.7. The highest BCUT2D eigenvalue weighted by molar-refractivity contribution is 5.77. The van der Waals surface area contributed by atoms with Crippen LogP contribution in [0.2, 0.25) is 0 Å². The summed E-state index contributed by atoms with van der Waals surface area (Å²) >= 11 is 0. The van der Waals surface area contributed by atoms with Crippen molar-refractivity contribution in [3.63, 3.8) is 0 Å². The number of carbonyl (C=O) groups is 1. The van der Waals surface area contributed by atoms with Crippen molar-refractivity contribution in [3.05, 3.63) is 29.3 Å². The van der Waals surface area contributed by atoms with E-state index in [2.05, 4.69) is 12.1 Å². The Morgan fingerprint density at radius 2 is 2.28 bits per heavy atom. The van der Waals surface area contributed by atoms with Crippen LogP contribution in [0.1, 0.15) is 24.1 Å². The fraction of sp³-hybridized carbons (Fsp3) is 0.500. The van der Waals surface area contributed by atoms with Gasteiger partial charge < -0.3 is 14.5 Å². The third-order valence-electron chi connectivity index (χ3n) is 3.91. The number of hydrogen-bond donors (Lipinski definition) is 0. The number of carbonyl (C=O) groups excluding carboxylic acids is 1. The van der Waals surface area contributed by atoms with Crippen molar-refractivity contribution in [2.24, 2.45) is 0 Å². The fourth-order valence-corrected chi connectivity index (χ4v) is 2.77. The lowest BCUT2D eigenvalue weighted by molar-refractivity contribution is 0.197. The van der Waals surface area contributed by atoms with E-state index in [1.165, 1.54) is 11.1 Å². The van der Waals surface area contributed by atoms with Crippen LogP contribution < -0.4 is 4.74 Å². The summed E-state index contributed by atoms with van der Waals surface area (Å²) in [5, 5.41) is 0. The molecule has 1 aromatic rings. The van der Waals surface area contributed by atoms with Gasteiger partial charge >= 0.3 is 6.03 Å². The van der Waals surface area contributed by atoms with E-state index in [-0.39, 0.29) is 12.1 Å². The maximum absolute atomic E-state index is 12.0. The standard InChI is InChI=1S/C14H18N2O2/c1-3-16-9-12(15(2)14(16)17)10-4-5-13-11(8-10)6-7-18-13/h4-5,8,12H,3,6-7,9H2,1-2H3. The molecule has 0 radical (unpaired) electrons. The van der Waals surface area contributed by atoms with Gasteiger partial charge in [-0.2, -0.15) is 0 Å². The number of rotatable bonds is 2. The van der Waals surface area contributed by atoms with Crippen molar-refractivity contribution < 1.29 is 9.53 Å². The van der Waals surface area contributed by atoms with Crippen LogP contribution in [-0.2, 0) is 6.42 Å². The Morgan fingerprint density at radius 1 is 1.44 bits per heavy atom. The highest BCUT2D eigenvalue weighted by atomic mass is 16.5. The van der Waals surface area contributed by atoms with Gasteiger partial charge in [0.05, 0.1) is 12.6 Å². The minimum atomic E-state index is 0.124. The zero-order valence-electron chi connectivity index (χ0n) is 10.8. The largest absolute Gasteiger partial charge is 0.493 e. The molecule has 1 unspecified atom stereocenters. The van der Waals surface area contributed by atoms with E-state index >= 15 is 0 Å². The average molecular weight is 246 g/mol. The van der Waals surface area contributed by atoms with Crippen molar-refractivity contribution in [1.29, 1.82) is 0 Å². The van der Waals surface area contributed by atoms with Crippen molar-refractivity contribution >= 4 is 6.03 Å². The molecule has 0 bridgehead atoms. The molecule has 1 saturated heterocycles. The summed E-state index contributed by atoms with van der Waals surface area (Å²) in [6, 6.07) is 6.60. The molecule has 1 aromatic carbocycles. The van der Waals surface area contributed by atoms with Crippen molar-refractivity contribution in [2.45, 2.75) is 19.4 Å². The molecule has 0 saturated carbocycles.